The summed E-state index contributed by atoms with van der Waals surface area (Å²) in [7, 11) is 0. The van der Waals surface area contributed by atoms with Crippen LogP contribution >= 0.6 is 0 Å². The lowest BCUT2D eigenvalue weighted by molar-refractivity contribution is -0.124. The molecule has 0 amide bonds. The second-order valence-corrected chi connectivity index (χ2v) is 4.01. The lowest BCUT2D eigenvalue weighted by Crippen LogP contribution is -2.37. The highest BCUT2D eigenvalue weighted by molar-refractivity contribution is 5.98. The maximum atomic E-state index is 11.7. The molecule has 0 unspecified atom stereocenters. The third kappa shape index (κ3) is 1.10. The number of Topliss-reactive ketones (excluding diaryl/α,β-unsaturated/α-hetero) is 1. The normalized spacial score (nSPS) is 27.8. The van der Waals surface area contributed by atoms with Gasteiger partial charge in [-0.15, -0.1) is 0 Å². The number of hydrogen-bond acceptors (Lipinski definition) is 2. The summed E-state index contributed by atoms with van der Waals surface area (Å²) in [5.41, 5.74) is 0.930. The second kappa shape index (κ2) is 2.68. The summed E-state index contributed by atoms with van der Waals surface area (Å²) in [5, 5.41) is 0. The Balaban J connectivity index is 2.31. The zero-order chi connectivity index (χ0) is 8.60. The Morgan fingerprint density at radius 2 is 1.92 bits per heavy atom. The van der Waals surface area contributed by atoms with E-state index in [-0.39, 0.29) is 5.54 Å². The van der Waals surface area contributed by atoms with Crippen LogP contribution in [0.15, 0.2) is 4.99 Å². The van der Waals surface area contributed by atoms with E-state index in [4.69, 9.17) is 0 Å². The van der Waals surface area contributed by atoms with E-state index in [9.17, 15) is 4.79 Å². The van der Waals surface area contributed by atoms with Crippen LogP contribution in [0.1, 0.15) is 45.4 Å². The molecule has 0 atom stereocenters. The van der Waals surface area contributed by atoms with E-state index in [1.807, 2.05) is 6.92 Å². The zero-order valence-corrected chi connectivity index (χ0v) is 7.60. The van der Waals surface area contributed by atoms with Crippen LogP contribution in [0.25, 0.3) is 0 Å². The fraction of sp³-hybridized carbons (Fsp3) is 0.800. The molecule has 0 saturated heterocycles. The molecule has 2 nitrogen and oxygen atoms in total. The molecule has 0 radical (unpaired) electrons. The fourth-order valence-corrected chi connectivity index (χ4v) is 2.36. The van der Waals surface area contributed by atoms with Crippen molar-refractivity contribution >= 4 is 11.5 Å². The molecule has 2 rings (SSSR count). The number of hydrogen-bond donors (Lipinski definition) is 0. The number of carbonyl (C=O) groups is 1. The predicted octanol–water partition coefficient (Wildman–Crippen LogP) is 2.12. The number of carbonyl (C=O) groups excluding carboxylic acids is 1. The van der Waals surface area contributed by atoms with Gasteiger partial charge in [-0.1, -0.05) is 12.8 Å². The minimum atomic E-state index is -0.248. The van der Waals surface area contributed by atoms with Crippen molar-refractivity contribution in [2.24, 2.45) is 4.99 Å². The highest BCUT2D eigenvalue weighted by atomic mass is 16.1. The zero-order valence-electron chi connectivity index (χ0n) is 7.60. The van der Waals surface area contributed by atoms with Gasteiger partial charge in [-0.2, -0.15) is 0 Å². The van der Waals surface area contributed by atoms with Gasteiger partial charge in [0.15, 0.2) is 5.78 Å². The molecule has 1 aliphatic heterocycles. The first kappa shape index (κ1) is 7.96. The van der Waals surface area contributed by atoms with E-state index >= 15 is 0 Å². The van der Waals surface area contributed by atoms with Crippen LogP contribution in [0.2, 0.25) is 0 Å². The van der Waals surface area contributed by atoms with E-state index in [1.54, 1.807) is 0 Å². The fourth-order valence-electron chi connectivity index (χ4n) is 2.36. The van der Waals surface area contributed by atoms with E-state index < -0.39 is 0 Å². The van der Waals surface area contributed by atoms with Crippen LogP contribution in [0.4, 0.5) is 0 Å². The first-order valence-electron chi connectivity index (χ1n) is 4.82. The molecule has 0 aromatic rings. The van der Waals surface area contributed by atoms with E-state index in [1.165, 1.54) is 18.6 Å². The quantitative estimate of drug-likeness (QED) is 0.540. The minimum absolute atomic E-state index is 0.248. The molecule has 0 aromatic carbocycles. The predicted molar refractivity (Wildman–Crippen MR) is 48.5 cm³/mol. The molecule has 2 heteroatoms. The van der Waals surface area contributed by atoms with Gasteiger partial charge < -0.3 is 0 Å². The van der Waals surface area contributed by atoms with Gasteiger partial charge in [-0.3, -0.25) is 9.79 Å². The second-order valence-electron chi connectivity index (χ2n) is 4.01. The maximum Gasteiger partial charge on any atom is 0.160 e. The van der Waals surface area contributed by atoms with Gasteiger partial charge in [-0.25, -0.2) is 0 Å². The summed E-state index contributed by atoms with van der Waals surface area (Å²) < 4.78 is 0. The monoisotopic (exact) mass is 165 g/mol. The van der Waals surface area contributed by atoms with Crippen molar-refractivity contribution in [3.8, 4) is 0 Å². The third-order valence-electron chi connectivity index (χ3n) is 3.07. The maximum absolute atomic E-state index is 11.7. The van der Waals surface area contributed by atoms with Crippen molar-refractivity contribution in [3.05, 3.63) is 0 Å². The molecular formula is C10H15NO. The average molecular weight is 165 g/mol. The smallest absolute Gasteiger partial charge is 0.160 e. The standard InChI is InChI=1S/C10H15NO/c1-8-4-5-9(12)10(11-8)6-2-3-7-10/h2-7H2,1H3. The van der Waals surface area contributed by atoms with Gasteiger partial charge in [0.1, 0.15) is 5.54 Å². The first-order chi connectivity index (χ1) is 5.73. The van der Waals surface area contributed by atoms with Crippen molar-refractivity contribution < 1.29 is 4.79 Å². The lowest BCUT2D eigenvalue weighted by Gasteiger charge is -2.27. The Hall–Kier alpha value is -0.660. The molecule has 66 valence electrons. The van der Waals surface area contributed by atoms with Crippen LogP contribution in [0.5, 0.6) is 0 Å². The van der Waals surface area contributed by atoms with Crippen molar-refractivity contribution in [1.29, 1.82) is 0 Å². The molecule has 0 N–H and O–H groups in total. The summed E-state index contributed by atoms with van der Waals surface area (Å²) in [4.78, 5) is 16.2. The van der Waals surface area contributed by atoms with Crippen molar-refractivity contribution in [2.45, 2.75) is 51.0 Å². The van der Waals surface area contributed by atoms with Gasteiger partial charge in [0.2, 0.25) is 0 Å². The number of nitrogens with zero attached hydrogens (tertiary/aromatic N) is 1. The van der Waals surface area contributed by atoms with Gasteiger partial charge in [0.25, 0.3) is 0 Å². The molecule has 12 heavy (non-hydrogen) atoms. The summed E-state index contributed by atoms with van der Waals surface area (Å²) in [5.74, 6) is 0.394. The Kier molecular flexibility index (Phi) is 1.78. The lowest BCUT2D eigenvalue weighted by atomic mass is 9.86. The number of rotatable bonds is 0. The molecule has 2 aliphatic rings. The highest BCUT2D eigenvalue weighted by Gasteiger charge is 2.41. The van der Waals surface area contributed by atoms with E-state index in [0.717, 1.165) is 25.7 Å². The molecule has 1 spiro atoms. The van der Waals surface area contributed by atoms with Crippen LogP contribution < -0.4 is 0 Å². The summed E-state index contributed by atoms with van der Waals surface area (Å²) in [6.45, 7) is 2.05. The molecule has 0 aromatic heterocycles. The van der Waals surface area contributed by atoms with Crippen molar-refractivity contribution in [1.82, 2.24) is 0 Å². The first-order valence-corrected chi connectivity index (χ1v) is 4.82. The van der Waals surface area contributed by atoms with Gasteiger partial charge in [0.05, 0.1) is 0 Å². The summed E-state index contributed by atoms with van der Waals surface area (Å²) >= 11 is 0. The third-order valence-corrected chi connectivity index (χ3v) is 3.07. The van der Waals surface area contributed by atoms with E-state index in [2.05, 4.69) is 4.99 Å². The average Bonchev–Trinajstić information content (AvgIpc) is 2.48. The molecule has 1 heterocycles. The number of ketones is 1. The summed E-state index contributed by atoms with van der Waals surface area (Å²) in [6, 6.07) is 0. The highest BCUT2D eigenvalue weighted by Crippen LogP contribution is 2.37. The van der Waals surface area contributed by atoms with Gasteiger partial charge in [0, 0.05) is 12.1 Å². The Labute approximate surface area is 73.1 Å². The number of aliphatic imine (C=N–C) groups is 1. The van der Waals surface area contributed by atoms with Crippen LogP contribution in [0.3, 0.4) is 0 Å². The molecule has 1 saturated carbocycles. The largest absolute Gasteiger partial charge is 0.297 e. The van der Waals surface area contributed by atoms with Gasteiger partial charge in [-0.05, 0) is 26.2 Å². The minimum Gasteiger partial charge on any atom is -0.297 e. The van der Waals surface area contributed by atoms with Crippen molar-refractivity contribution in [3.63, 3.8) is 0 Å². The summed E-state index contributed by atoms with van der Waals surface area (Å²) in [6.07, 6.45) is 5.99. The Bertz CT molecular complexity index is 236. The Morgan fingerprint density at radius 1 is 1.25 bits per heavy atom. The molecule has 0 bridgehead atoms. The van der Waals surface area contributed by atoms with E-state index in [0.29, 0.717) is 5.78 Å². The van der Waals surface area contributed by atoms with Gasteiger partial charge >= 0.3 is 0 Å². The van der Waals surface area contributed by atoms with Crippen LogP contribution in [0, 0.1) is 0 Å². The molecular weight excluding hydrogens is 150 g/mol. The SMILES string of the molecule is CC1=NC2(CCCC2)C(=O)CC1. The molecule has 1 aliphatic carbocycles. The van der Waals surface area contributed by atoms with Crippen LogP contribution in [-0.4, -0.2) is 17.0 Å². The molecule has 1 fully saturated rings. The Morgan fingerprint density at radius 3 is 2.58 bits per heavy atom. The van der Waals surface area contributed by atoms with Crippen molar-refractivity contribution in [2.75, 3.05) is 0 Å². The topological polar surface area (TPSA) is 29.4 Å². The van der Waals surface area contributed by atoms with Crippen LogP contribution in [-0.2, 0) is 4.79 Å².